The third kappa shape index (κ3) is 3.69. The first kappa shape index (κ1) is 21.9. The molecule has 1 atom stereocenters. The van der Waals surface area contributed by atoms with Crippen molar-refractivity contribution in [2.45, 2.75) is 45.2 Å². The van der Waals surface area contributed by atoms with Gasteiger partial charge in [-0.15, -0.1) is 0 Å². The molecule has 180 valence electrons. The largest absolute Gasteiger partial charge is 0.494 e. The maximum Gasteiger partial charge on any atom is 0.280 e. The number of amides is 1. The third-order valence-corrected chi connectivity index (χ3v) is 7.04. The van der Waals surface area contributed by atoms with Crippen LogP contribution >= 0.6 is 0 Å². The first-order chi connectivity index (χ1) is 17.2. The molecule has 35 heavy (non-hydrogen) atoms. The van der Waals surface area contributed by atoms with Crippen LogP contribution in [0.1, 0.15) is 65.6 Å². The van der Waals surface area contributed by atoms with E-state index in [2.05, 4.69) is 40.6 Å². The number of ether oxygens (including phenoxy) is 2. The van der Waals surface area contributed by atoms with Gasteiger partial charge in [-0.25, -0.2) is 4.98 Å². The topological polar surface area (TPSA) is 85.3 Å². The molecule has 8 nitrogen and oxygen atoms in total. The van der Waals surface area contributed by atoms with Crippen molar-refractivity contribution in [3.63, 3.8) is 0 Å². The lowest BCUT2D eigenvalue weighted by Crippen LogP contribution is -2.30. The monoisotopic (exact) mass is 471 g/mol. The quantitative estimate of drug-likeness (QED) is 0.430. The number of nitrogens with one attached hydrogen (secondary N) is 1. The molecule has 6 rings (SSSR count). The van der Waals surface area contributed by atoms with Crippen LogP contribution in [0.5, 0.6) is 5.75 Å². The van der Waals surface area contributed by atoms with Gasteiger partial charge in [0.25, 0.3) is 5.91 Å². The molecule has 8 heteroatoms. The summed E-state index contributed by atoms with van der Waals surface area (Å²) in [5.74, 6) is 0.754. The summed E-state index contributed by atoms with van der Waals surface area (Å²) in [6, 6.07) is 14.0. The Balaban J connectivity index is 1.45. The van der Waals surface area contributed by atoms with E-state index in [1.54, 1.807) is 6.33 Å². The summed E-state index contributed by atoms with van der Waals surface area (Å²) < 4.78 is 13.4. The van der Waals surface area contributed by atoms with E-state index in [-0.39, 0.29) is 18.0 Å². The van der Waals surface area contributed by atoms with Gasteiger partial charge in [0, 0.05) is 30.2 Å². The zero-order valence-electron chi connectivity index (χ0n) is 20.0. The number of carbonyl (C=O) groups excluding carboxylic acids is 1. The number of nitrogens with zero attached hydrogens (tertiary/aromatic N) is 4. The number of carbonyl (C=O) groups is 1. The molecule has 1 N–H and O–H groups in total. The summed E-state index contributed by atoms with van der Waals surface area (Å²) in [6.45, 7) is 6.30. The molecule has 4 aromatic rings. The average Bonchev–Trinajstić information content (AvgIpc) is 3.57. The highest BCUT2D eigenvalue weighted by atomic mass is 16.5. The number of anilines is 1. The van der Waals surface area contributed by atoms with Gasteiger partial charge >= 0.3 is 0 Å². The summed E-state index contributed by atoms with van der Waals surface area (Å²) in [5.41, 5.74) is 6.17. The average molecular weight is 472 g/mol. The second-order valence-electron chi connectivity index (χ2n) is 9.23. The zero-order chi connectivity index (χ0) is 23.9. The molecule has 2 aromatic heterocycles. The maximum atomic E-state index is 13.9. The van der Waals surface area contributed by atoms with Crippen molar-refractivity contribution in [3.05, 3.63) is 71.3 Å². The van der Waals surface area contributed by atoms with Gasteiger partial charge < -0.3 is 14.5 Å². The summed E-state index contributed by atoms with van der Waals surface area (Å²) in [7, 11) is 0. The predicted octanol–water partition coefficient (Wildman–Crippen LogP) is 4.96. The SMILES string of the molecule is CCCOc1ccc(C2c3c(nn(C4CCOCC4)c3C)C(=O)N2c2ccc3nc[nH]c3c2)cc1. The van der Waals surface area contributed by atoms with Crippen LogP contribution in [0.2, 0.25) is 0 Å². The lowest BCUT2D eigenvalue weighted by molar-refractivity contribution is 0.0654. The summed E-state index contributed by atoms with van der Waals surface area (Å²) >= 11 is 0. The number of rotatable bonds is 6. The smallest absolute Gasteiger partial charge is 0.280 e. The summed E-state index contributed by atoms with van der Waals surface area (Å²) in [4.78, 5) is 23.2. The predicted molar refractivity (Wildman–Crippen MR) is 133 cm³/mol. The van der Waals surface area contributed by atoms with Crippen molar-refractivity contribution in [3.8, 4) is 5.75 Å². The van der Waals surface area contributed by atoms with Crippen LogP contribution in [-0.2, 0) is 4.74 Å². The van der Waals surface area contributed by atoms with Crippen LogP contribution in [0.4, 0.5) is 5.69 Å². The van der Waals surface area contributed by atoms with Gasteiger partial charge in [0.15, 0.2) is 5.69 Å². The number of hydrogen-bond donors (Lipinski definition) is 1. The minimum atomic E-state index is -0.272. The maximum absolute atomic E-state index is 13.9. The van der Waals surface area contributed by atoms with E-state index in [4.69, 9.17) is 14.6 Å². The number of H-pyrrole nitrogens is 1. The van der Waals surface area contributed by atoms with E-state index < -0.39 is 0 Å². The molecule has 1 fully saturated rings. The summed E-state index contributed by atoms with van der Waals surface area (Å²) in [5, 5.41) is 4.88. The van der Waals surface area contributed by atoms with Crippen LogP contribution in [0.15, 0.2) is 48.8 Å². The third-order valence-electron chi connectivity index (χ3n) is 7.04. The van der Waals surface area contributed by atoms with Crippen LogP contribution in [0, 0.1) is 6.92 Å². The Morgan fingerprint density at radius 3 is 2.71 bits per heavy atom. The van der Waals surface area contributed by atoms with Crippen molar-refractivity contribution in [1.29, 1.82) is 0 Å². The van der Waals surface area contributed by atoms with E-state index in [0.717, 1.165) is 71.8 Å². The molecule has 1 unspecified atom stereocenters. The Labute approximate surface area is 203 Å². The van der Waals surface area contributed by atoms with Crippen molar-refractivity contribution in [2.24, 2.45) is 0 Å². The fraction of sp³-hybridized carbons (Fsp3) is 0.370. The fourth-order valence-corrected chi connectivity index (χ4v) is 5.28. The molecule has 0 spiro atoms. The molecule has 2 aliphatic rings. The number of hydrogen-bond acceptors (Lipinski definition) is 5. The first-order valence-electron chi connectivity index (χ1n) is 12.3. The zero-order valence-corrected chi connectivity index (χ0v) is 20.0. The Morgan fingerprint density at radius 2 is 1.94 bits per heavy atom. The Bertz CT molecular complexity index is 1370. The van der Waals surface area contributed by atoms with Gasteiger partial charge in [-0.1, -0.05) is 19.1 Å². The van der Waals surface area contributed by atoms with Gasteiger partial charge in [0.1, 0.15) is 5.75 Å². The Morgan fingerprint density at radius 1 is 1.14 bits per heavy atom. The molecule has 4 heterocycles. The molecule has 2 aromatic carbocycles. The van der Waals surface area contributed by atoms with Gasteiger partial charge in [-0.3, -0.25) is 14.4 Å². The molecule has 0 saturated carbocycles. The van der Waals surface area contributed by atoms with E-state index >= 15 is 0 Å². The number of aromatic amines is 1. The standard InChI is InChI=1S/C27H29N5O3/c1-3-12-35-21-7-4-18(5-8-21)26-24-17(2)32(19-10-13-34-14-11-19)30-25(24)27(33)31(26)20-6-9-22-23(15-20)29-16-28-22/h4-9,15-16,19,26H,3,10-14H2,1-2H3,(H,28,29). The highest BCUT2D eigenvalue weighted by molar-refractivity contribution is 6.11. The fourth-order valence-electron chi connectivity index (χ4n) is 5.28. The van der Waals surface area contributed by atoms with E-state index in [1.807, 2.05) is 35.2 Å². The van der Waals surface area contributed by atoms with Crippen LogP contribution < -0.4 is 9.64 Å². The van der Waals surface area contributed by atoms with Crippen molar-refractivity contribution in [1.82, 2.24) is 19.7 Å². The molecule has 0 radical (unpaired) electrons. The molecule has 1 saturated heterocycles. The second-order valence-corrected chi connectivity index (χ2v) is 9.23. The number of benzene rings is 2. The first-order valence-corrected chi connectivity index (χ1v) is 12.3. The molecular weight excluding hydrogens is 442 g/mol. The van der Waals surface area contributed by atoms with Crippen LogP contribution in [-0.4, -0.2) is 45.5 Å². The minimum absolute atomic E-state index is 0.0796. The number of imidazole rings is 1. The lowest BCUT2D eigenvalue weighted by atomic mass is 9.98. The van der Waals surface area contributed by atoms with Gasteiger partial charge in [0.05, 0.1) is 36.1 Å². The normalized spacial score (nSPS) is 18.4. The van der Waals surface area contributed by atoms with E-state index in [1.165, 1.54) is 0 Å². The van der Waals surface area contributed by atoms with Crippen LogP contribution in [0.25, 0.3) is 11.0 Å². The molecule has 2 aliphatic heterocycles. The number of fused-ring (bicyclic) bond motifs is 2. The highest BCUT2D eigenvalue weighted by Gasteiger charge is 2.44. The number of aromatic nitrogens is 4. The van der Waals surface area contributed by atoms with Crippen molar-refractivity contribution in [2.75, 3.05) is 24.7 Å². The molecule has 0 aliphatic carbocycles. The van der Waals surface area contributed by atoms with Gasteiger partial charge in [-0.2, -0.15) is 5.10 Å². The van der Waals surface area contributed by atoms with Gasteiger partial charge in [-0.05, 0) is 62.1 Å². The Kier molecular flexibility index (Phi) is 5.53. The van der Waals surface area contributed by atoms with E-state index in [9.17, 15) is 4.79 Å². The molecular formula is C27H29N5O3. The lowest BCUT2D eigenvalue weighted by Gasteiger charge is -2.28. The Hall–Kier alpha value is -3.65. The van der Waals surface area contributed by atoms with E-state index in [0.29, 0.717) is 12.3 Å². The summed E-state index contributed by atoms with van der Waals surface area (Å²) in [6.07, 6.45) is 4.44. The van der Waals surface area contributed by atoms with Gasteiger partial charge in [0.2, 0.25) is 0 Å². The minimum Gasteiger partial charge on any atom is -0.494 e. The second kappa shape index (κ2) is 8.85. The van der Waals surface area contributed by atoms with Crippen LogP contribution in [0.3, 0.4) is 0 Å². The molecule has 1 amide bonds. The molecule has 0 bridgehead atoms. The van der Waals surface area contributed by atoms with Crippen molar-refractivity contribution >= 4 is 22.6 Å². The van der Waals surface area contributed by atoms with Crippen molar-refractivity contribution < 1.29 is 14.3 Å². The highest BCUT2D eigenvalue weighted by Crippen LogP contribution is 2.44.